The van der Waals surface area contributed by atoms with Crippen molar-refractivity contribution in [3.05, 3.63) is 30.1 Å². The molecule has 3 N–H and O–H groups in total. The molecule has 2 fully saturated rings. The molecule has 1 saturated carbocycles. The fraction of sp³-hybridized carbons (Fsp3) is 0.611. The van der Waals surface area contributed by atoms with Crippen LogP contribution in [0.4, 0.5) is 14.9 Å². The van der Waals surface area contributed by atoms with E-state index in [0.29, 0.717) is 5.92 Å². The topological polar surface area (TPSA) is 64.6 Å². The van der Waals surface area contributed by atoms with Crippen LogP contribution in [0.3, 0.4) is 0 Å². The van der Waals surface area contributed by atoms with Crippen LogP contribution in [0.5, 0.6) is 0 Å². The van der Waals surface area contributed by atoms with Crippen molar-refractivity contribution >= 4 is 11.7 Å². The SMILES string of the molecule is CC(CO)(NC(=O)NC1CCN(c2cccc(F)c2)CC1)C1CC1. The first-order valence-corrected chi connectivity index (χ1v) is 8.70. The standard InChI is InChI=1S/C18H26FN3O2/c1-18(12-23,13-5-6-13)21-17(24)20-15-7-9-22(10-8-15)16-4-2-3-14(19)11-16/h2-4,11,13,15,23H,5-10,12H2,1H3,(H2,20,21,24). The van der Waals surface area contributed by atoms with Gasteiger partial charge in [-0.1, -0.05) is 6.07 Å². The predicted molar refractivity (Wildman–Crippen MR) is 91.5 cm³/mol. The Bertz CT molecular complexity index is 585. The molecule has 0 bridgehead atoms. The van der Waals surface area contributed by atoms with E-state index in [4.69, 9.17) is 0 Å². The van der Waals surface area contributed by atoms with E-state index in [9.17, 15) is 14.3 Å². The Morgan fingerprint density at radius 1 is 1.33 bits per heavy atom. The van der Waals surface area contributed by atoms with Crippen molar-refractivity contribution in [3.8, 4) is 0 Å². The zero-order valence-corrected chi connectivity index (χ0v) is 14.1. The molecule has 0 aromatic heterocycles. The molecule has 0 radical (unpaired) electrons. The van der Waals surface area contributed by atoms with Crippen LogP contribution < -0.4 is 15.5 Å². The number of carbonyl (C=O) groups is 1. The molecule has 1 heterocycles. The van der Waals surface area contributed by atoms with Gasteiger partial charge in [-0.25, -0.2) is 9.18 Å². The van der Waals surface area contributed by atoms with Gasteiger partial charge in [0.15, 0.2) is 0 Å². The first-order chi connectivity index (χ1) is 11.5. The number of aliphatic hydroxyl groups is 1. The number of halogens is 1. The molecule has 6 heteroatoms. The van der Waals surface area contributed by atoms with Crippen molar-refractivity contribution in [2.75, 3.05) is 24.6 Å². The number of hydrogen-bond donors (Lipinski definition) is 3. The largest absolute Gasteiger partial charge is 0.394 e. The normalized spacial score (nSPS) is 21.2. The average Bonchev–Trinajstić information content (AvgIpc) is 3.41. The Hall–Kier alpha value is -1.82. The fourth-order valence-electron chi connectivity index (χ4n) is 3.43. The Balaban J connectivity index is 1.47. The van der Waals surface area contributed by atoms with E-state index in [2.05, 4.69) is 15.5 Å². The van der Waals surface area contributed by atoms with Crippen LogP contribution in [-0.2, 0) is 0 Å². The monoisotopic (exact) mass is 335 g/mol. The third kappa shape index (κ3) is 3.98. The predicted octanol–water partition coefficient (Wildman–Crippen LogP) is 2.25. The zero-order valence-electron chi connectivity index (χ0n) is 14.1. The minimum Gasteiger partial charge on any atom is -0.394 e. The minimum atomic E-state index is -0.521. The maximum Gasteiger partial charge on any atom is 0.315 e. The van der Waals surface area contributed by atoms with Gasteiger partial charge in [0.1, 0.15) is 5.82 Å². The molecule has 1 aliphatic carbocycles. The molecule has 5 nitrogen and oxygen atoms in total. The number of urea groups is 1. The lowest BCUT2D eigenvalue weighted by molar-refractivity contribution is 0.153. The summed E-state index contributed by atoms with van der Waals surface area (Å²) >= 11 is 0. The van der Waals surface area contributed by atoms with Gasteiger partial charge in [0.2, 0.25) is 0 Å². The van der Waals surface area contributed by atoms with E-state index in [-0.39, 0.29) is 24.5 Å². The van der Waals surface area contributed by atoms with Crippen LogP contribution in [0.15, 0.2) is 24.3 Å². The van der Waals surface area contributed by atoms with Crippen molar-refractivity contribution in [2.24, 2.45) is 5.92 Å². The lowest BCUT2D eigenvalue weighted by Gasteiger charge is -2.35. The van der Waals surface area contributed by atoms with Crippen LogP contribution in [0.2, 0.25) is 0 Å². The van der Waals surface area contributed by atoms with Gasteiger partial charge in [0.05, 0.1) is 12.1 Å². The summed E-state index contributed by atoms with van der Waals surface area (Å²) in [5.74, 6) is 0.151. The highest BCUT2D eigenvalue weighted by Crippen LogP contribution is 2.39. The maximum atomic E-state index is 13.3. The molecular weight excluding hydrogens is 309 g/mol. The first kappa shape index (κ1) is 17.0. The highest BCUT2D eigenvalue weighted by molar-refractivity contribution is 5.75. The Labute approximate surface area is 142 Å². The van der Waals surface area contributed by atoms with Gasteiger partial charge in [-0.3, -0.25) is 0 Å². The van der Waals surface area contributed by atoms with Gasteiger partial charge in [-0.2, -0.15) is 0 Å². The number of nitrogens with one attached hydrogen (secondary N) is 2. The van der Waals surface area contributed by atoms with Gasteiger partial charge >= 0.3 is 6.03 Å². The highest BCUT2D eigenvalue weighted by atomic mass is 19.1. The van der Waals surface area contributed by atoms with E-state index in [1.165, 1.54) is 6.07 Å². The Morgan fingerprint density at radius 3 is 2.62 bits per heavy atom. The second-order valence-corrected chi connectivity index (χ2v) is 7.19. The highest BCUT2D eigenvalue weighted by Gasteiger charge is 2.42. The van der Waals surface area contributed by atoms with E-state index in [1.54, 1.807) is 12.1 Å². The number of carbonyl (C=O) groups excluding carboxylic acids is 1. The first-order valence-electron chi connectivity index (χ1n) is 8.70. The average molecular weight is 335 g/mol. The molecule has 132 valence electrons. The second kappa shape index (κ2) is 6.97. The van der Waals surface area contributed by atoms with Gasteiger partial charge in [-0.05, 0) is 56.7 Å². The third-order valence-electron chi connectivity index (χ3n) is 5.21. The van der Waals surface area contributed by atoms with E-state index in [0.717, 1.165) is 44.5 Å². The molecule has 2 amide bonds. The zero-order chi connectivity index (χ0) is 17.2. The summed E-state index contributed by atoms with van der Waals surface area (Å²) in [7, 11) is 0. The second-order valence-electron chi connectivity index (χ2n) is 7.19. The fourth-order valence-corrected chi connectivity index (χ4v) is 3.43. The summed E-state index contributed by atoms with van der Waals surface area (Å²) in [6, 6.07) is 6.52. The van der Waals surface area contributed by atoms with Crippen molar-refractivity contribution in [3.63, 3.8) is 0 Å². The smallest absolute Gasteiger partial charge is 0.315 e. The molecule has 3 rings (SSSR count). The quantitative estimate of drug-likeness (QED) is 0.773. The third-order valence-corrected chi connectivity index (χ3v) is 5.21. The maximum absolute atomic E-state index is 13.3. The number of aliphatic hydroxyl groups excluding tert-OH is 1. The van der Waals surface area contributed by atoms with Crippen molar-refractivity contribution < 1.29 is 14.3 Å². The number of amides is 2. The summed E-state index contributed by atoms with van der Waals surface area (Å²) < 4.78 is 13.3. The van der Waals surface area contributed by atoms with Gasteiger partial charge in [0.25, 0.3) is 0 Å². The molecule has 1 unspecified atom stereocenters. The van der Waals surface area contributed by atoms with E-state index >= 15 is 0 Å². The van der Waals surface area contributed by atoms with Crippen LogP contribution in [0.1, 0.15) is 32.6 Å². The Morgan fingerprint density at radius 2 is 2.04 bits per heavy atom. The van der Waals surface area contributed by atoms with Crippen molar-refractivity contribution in [1.82, 2.24) is 10.6 Å². The molecular formula is C18H26FN3O2. The molecule has 0 spiro atoms. The number of anilines is 1. The molecule has 1 aromatic carbocycles. The van der Waals surface area contributed by atoms with Crippen LogP contribution in [-0.4, -0.2) is 42.4 Å². The molecule has 1 aromatic rings. The number of benzene rings is 1. The lowest BCUT2D eigenvalue weighted by atomic mass is 9.97. The summed E-state index contributed by atoms with van der Waals surface area (Å²) in [6.07, 6.45) is 3.76. The number of nitrogens with zero attached hydrogens (tertiary/aromatic N) is 1. The van der Waals surface area contributed by atoms with E-state index in [1.807, 2.05) is 13.0 Å². The minimum absolute atomic E-state index is 0.0386. The van der Waals surface area contributed by atoms with Gasteiger partial charge in [0, 0.05) is 24.8 Å². The van der Waals surface area contributed by atoms with Gasteiger partial charge in [-0.15, -0.1) is 0 Å². The lowest BCUT2D eigenvalue weighted by Crippen LogP contribution is -2.56. The molecule has 1 atom stereocenters. The Kier molecular flexibility index (Phi) is 4.94. The molecule has 24 heavy (non-hydrogen) atoms. The van der Waals surface area contributed by atoms with Crippen LogP contribution >= 0.6 is 0 Å². The summed E-state index contributed by atoms with van der Waals surface area (Å²) in [6.45, 7) is 3.43. The molecule has 1 saturated heterocycles. The van der Waals surface area contributed by atoms with E-state index < -0.39 is 5.54 Å². The summed E-state index contributed by atoms with van der Waals surface area (Å²) in [4.78, 5) is 14.4. The number of piperidine rings is 1. The number of rotatable bonds is 5. The van der Waals surface area contributed by atoms with Gasteiger partial charge < -0.3 is 20.6 Å². The number of hydrogen-bond acceptors (Lipinski definition) is 3. The summed E-state index contributed by atoms with van der Waals surface area (Å²) in [5, 5.41) is 15.5. The van der Waals surface area contributed by atoms with Crippen molar-refractivity contribution in [1.29, 1.82) is 0 Å². The summed E-state index contributed by atoms with van der Waals surface area (Å²) in [5.41, 5.74) is 0.367. The molecule has 2 aliphatic rings. The van der Waals surface area contributed by atoms with Crippen LogP contribution in [0.25, 0.3) is 0 Å². The molecule has 1 aliphatic heterocycles. The van der Waals surface area contributed by atoms with Crippen LogP contribution in [0, 0.1) is 11.7 Å². The van der Waals surface area contributed by atoms with Crippen molar-refractivity contribution in [2.45, 2.75) is 44.2 Å².